The predicted octanol–water partition coefficient (Wildman–Crippen LogP) is 1.17. The molecule has 0 bridgehead atoms. The Kier molecular flexibility index (Phi) is 4.41. The maximum atomic E-state index is 5.31. The summed E-state index contributed by atoms with van der Waals surface area (Å²) in [5.74, 6) is 0. The van der Waals surface area contributed by atoms with E-state index in [1.165, 1.54) is 12.2 Å². The molecular weight excluding hydrogens is 230 g/mol. The number of nitrogens with one attached hydrogen (secondary N) is 1. The molecule has 15 heavy (non-hydrogen) atoms. The quantitative estimate of drug-likeness (QED) is 0.599. The number of benzene rings is 1. The molecule has 0 saturated carbocycles. The number of hydrogen-bond donors (Lipinski definition) is 2. The van der Waals surface area contributed by atoms with E-state index >= 15 is 0 Å². The summed E-state index contributed by atoms with van der Waals surface area (Å²) in [6.07, 6.45) is 0. The topological polar surface area (TPSA) is 50.5 Å². The number of rotatable bonds is 2. The molecule has 0 heterocycles. The number of hydroxylamine groups is 1. The molecule has 1 aromatic carbocycles. The van der Waals surface area contributed by atoms with Gasteiger partial charge < -0.3 is 11.1 Å². The Morgan fingerprint density at radius 1 is 1.33 bits per heavy atom. The standard InChI is InChI=1S/C9H11N3OS2/c1-13-12(9(15)11-8(10)14)7-5-3-2-4-6-7/h2-6H,1H3,(H3,10,11,14,15). The summed E-state index contributed by atoms with van der Waals surface area (Å²) < 4.78 is 0. The Bertz CT molecular complexity index is 356. The first-order valence-corrected chi connectivity index (χ1v) is 4.96. The molecule has 0 fully saturated rings. The van der Waals surface area contributed by atoms with Crippen molar-refractivity contribution in [3.63, 3.8) is 0 Å². The van der Waals surface area contributed by atoms with Crippen molar-refractivity contribution < 1.29 is 4.84 Å². The van der Waals surface area contributed by atoms with Gasteiger partial charge in [0.05, 0.1) is 12.8 Å². The predicted molar refractivity (Wildman–Crippen MR) is 68.4 cm³/mol. The monoisotopic (exact) mass is 241 g/mol. The minimum absolute atomic E-state index is 0.109. The summed E-state index contributed by atoms with van der Waals surface area (Å²) in [4.78, 5) is 5.11. The summed E-state index contributed by atoms with van der Waals surface area (Å²) in [5.41, 5.74) is 6.11. The van der Waals surface area contributed by atoms with Gasteiger partial charge in [0.25, 0.3) is 0 Å². The van der Waals surface area contributed by atoms with Crippen LogP contribution in [0.4, 0.5) is 5.69 Å². The van der Waals surface area contributed by atoms with Crippen LogP contribution in [0.15, 0.2) is 30.3 Å². The zero-order chi connectivity index (χ0) is 11.3. The van der Waals surface area contributed by atoms with E-state index < -0.39 is 0 Å². The van der Waals surface area contributed by atoms with Crippen molar-refractivity contribution in [1.82, 2.24) is 5.32 Å². The van der Waals surface area contributed by atoms with Gasteiger partial charge in [-0.2, -0.15) is 5.06 Å². The fourth-order valence-corrected chi connectivity index (χ4v) is 1.48. The van der Waals surface area contributed by atoms with Gasteiger partial charge in [-0.3, -0.25) is 4.84 Å². The van der Waals surface area contributed by atoms with Crippen molar-refractivity contribution in [2.75, 3.05) is 12.2 Å². The van der Waals surface area contributed by atoms with E-state index in [2.05, 4.69) is 17.5 Å². The van der Waals surface area contributed by atoms with Gasteiger partial charge in [-0.1, -0.05) is 18.2 Å². The lowest BCUT2D eigenvalue weighted by molar-refractivity contribution is 0.210. The SMILES string of the molecule is CON(C(=S)NC(N)=S)c1ccccc1. The number of nitrogens with two attached hydrogens (primary N) is 1. The number of nitrogens with zero attached hydrogens (tertiary/aromatic N) is 1. The van der Waals surface area contributed by atoms with Crippen LogP contribution in [0.1, 0.15) is 0 Å². The number of hydrogen-bond acceptors (Lipinski definition) is 3. The average Bonchev–Trinajstić information content (AvgIpc) is 2.19. The highest BCUT2D eigenvalue weighted by molar-refractivity contribution is 7.82. The van der Waals surface area contributed by atoms with E-state index in [1.54, 1.807) is 0 Å². The van der Waals surface area contributed by atoms with Crippen LogP contribution in [0.3, 0.4) is 0 Å². The number of para-hydroxylation sites is 1. The first-order valence-electron chi connectivity index (χ1n) is 4.15. The first kappa shape index (κ1) is 11.8. The van der Waals surface area contributed by atoms with E-state index in [-0.39, 0.29) is 5.11 Å². The van der Waals surface area contributed by atoms with Crippen LogP contribution in [0.25, 0.3) is 0 Å². The zero-order valence-electron chi connectivity index (χ0n) is 8.14. The Balaban J connectivity index is 2.80. The largest absolute Gasteiger partial charge is 0.376 e. The number of anilines is 1. The fraction of sp³-hybridized carbons (Fsp3) is 0.111. The molecule has 0 atom stereocenters. The summed E-state index contributed by atoms with van der Waals surface area (Å²) in [7, 11) is 1.51. The molecule has 0 aliphatic heterocycles. The van der Waals surface area contributed by atoms with Crippen molar-refractivity contribution in [1.29, 1.82) is 0 Å². The summed E-state index contributed by atoms with van der Waals surface area (Å²) in [5, 5.41) is 4.47. The van der Waals surface area contributed by atoms with Crippen molar-refractivity contribution in [2.24, 2.45) is 5.73 Å². The van der Waals surface area contributed by atoms with Crippen molar-refractivity contribution >= 4 is 40.3 Å². The van der Waals surface area contributed by atoms with Crippen LogP contribution >= 0.6 is 24.4 Å². The fourth-order valence-electron chi connectivity index (χ4n) is 1.03. The average molecular weight is 241 g/mol. The van der Waals surface area contributed by atoms with Crippen LogP contribution in [-0.2, 0) is 4.84 Å². The normalized spacial score (nSPS) is 9.40. The Morgan fingerprint density at radius 3 is 2.40 bits per heavy atom. The molecule has 1 aromatic rings. The van der Waals surface area contributed by atoms with Gasteiger partial charge in [-0.05, 0) is 36.6 Å². The second kappa shape index (κ2) is 5.59. The lowest BCUT2D eigenvalue weighted by Crippen LogP contribution is -2.44. The molecule has 0 unspecified atom stereocenters. The van der Waals surface area contributed by atoms with Gasteiger partial charge in [0.15, 0.2) is 5.11 Å². The van der Waals surface area contributed by atoms with Crippen LogP contribution in [0.2, 0.25) is 0 Å². The molecule has 0 aromatic heterocycles. The van der Waals surface area contributed by atoms with Crippen LogP contribution in [0.5, 0.6) is 0 Å². The van der Waals surface area contributed by atoms with Gasteiger partial charge >= 0.3 is 0 Å². The highest BCUT2D eigenvalue weighted by atomic mass is 32.1. The maximum absolute atomic E-state index is 5.31. The molecule has 3 N–H and O–H groups in total. The summed E-state index contributed by atoms with van der Waals surface area (Å²) >= 11 is 9.74. The molecule has 4 nitrogen and oxygen atoms in total. The van der Waals surface area contributed by atoms with Gasteiger partial charge in [0.2, 0.25) is 5.11 Å². The number of thiocarbonyl (C=S) groups is 2. The van der Waals surface area contributed by atoms with Crippen LogP contribution < -0.4 is 16.1 Å². The van der Waals surface area contributed by atoms with E-state index in [1.807, 2.05) is 30.3 Å². The lowest BCUT2D eigenvalue weighted by Gasteiger charge is -2.22. The van der Waals surface area contributed by atoms with Gasteiger partial charge in [-0.15, -0.1) is 0 Å². The molecule has 0 saturated heterocycles. The Morgan fingerprint density at radius 2 is 1.93 bits per heavy atom. The van der Waals surface area contributed by atoms with Crippen molar-refractivity contribution in [2.45, 2.75) is 0 Å². The maximum Gasteiger partial charge on any atom is 0.204 e. The van der Waals surface area contributed by atoms with Crippen LogP contribution in [0, 0.1) is 0 Å². The molecule has 0 aliphatic rings. The minimum Gasteiger partial charge on any atom is -0.376 e. The molecule has 1 rings (SSSR count). The first-order chi connectivity index (χ1) is 7.15. The molecule has 0 spiro atoms. The molecule has 0 aliphatic carbocycles. The smallest absolute Gasteiger partial charge is 0.204 e. The van der Waals surface area contributed by atoms with E-state index in [0.717, 1.165) is 5.69 Å². The highest BCUT2D eigenvalue weighted by Gasteiger charge is 2.11. The molecule has 0 radical (unpaired) electrons. The molecule has 0 amide bonds. The third-order valence-corrected chi connectivity index (χ3v) is 1.96. The summed E-state index contributed by atoms with van der Waals surface area (Å²) in [6.45, 7) is 0. The van der Waals surface area contributed by atoms with Gasteiger partial charge in [-0.25, -0.2) is 0 Å². The summed E-state index contributed by atoms with van der Waals surface area (Å²) in [6, 6.07) is 9.38. The molecular formula is C9H11N3OS2. The van der Waals surface area contributed by atoms with E-state index in [4.69, 9.17) is 22.8 Å². The Hall–Kier alpha value is -1.24. The van der Waals surface area contributed by atoms with Crippen molar-refractivity contribution in [3.8, 4) is 0 Å². The van der Waals surface area contributed by atoms with Gasteiger partial charge in [0.1, 0.15) is 0 Å². The molecule has 6 heteroatoms. The van der Waals surface area contributed by atoms with Gasteiger partial charge in [0, 0.05) is 0 Å². The van der Waals surface area contributed by atoms with Crippen molar-refractivity contribution in [3.05, 3.63) is 30.3 Å². The third kappa shape index (κ3) is 3.43. The van der Waals surface area contributed by atoms with E-state index in [0.29, 0.717) is 5.11 Å². The van der Waals surface area contributed by atoms with Crippen LogP contribution in [-0.4, -0.2) is 17.3 Å². The Labute approximate surface area is 99.0 Å². The third-order valence-electron chi connectivity index (χ3n) is 1.59. The zero-order valence-corrected chi connectivity index (χ0v) is 9.77. The second-order valence-corrected chi connectivity index (χ2v) is 3.43. The molecule has 80 valence electrons. The van der Waals surface area contributed by atoms with E-state index in [9.17, 15) is 0 Å². The lowest BCUT2D eigenvalue weighted by atomic mass is 10.3. The highest BCUT2D eigenvalue weighted by Crippen LogP contribution is 2.12. The minimum atomic E-state index is 0.109. The second-order valence-electron chi connectivity index (χ2n) is 2.61.